The van der Waals surface area contributed by atoms with Gasteiger partial charge in [0.15, 0.2) is 0 Å². The summed E-state index contributed by atoms with van der Waals surface area (Å²) < 4.78 is 12.8. The highest BCUT2D eigenvalue weighted by atomic mass is 16.5. The van der Waals surface area contributed by atoms with Crippen LogP contribution in [-0.4, -0.2) is 44.7 Å². The van der Waals surface area contributed by atoms with Crippen molar-refractivity contribution in [1.29, 1.82) is 0 Å². The van der Waals surface area contributed by atoms with Crippen LogP contribution in [0.3, 0.4) is 0 Å². The van der Waals surface area contributed by atoms with Crippen LogP contribution in [0.2, 0.25) is 0 Å². The lowest BCUT2D eigenvalue weighted by molar-refractivity contribution is -0.117. The fourth-order valence-electron chi connectivity index (χ4n) is 11.0. The third kappa shape index (κ3) is 11.8. The normalized spacial score (nSPS) is 11.9. The van der Waals surface area contributed by atoms with Gasteiger partial charge in [-0.05, 0) is 198 Å². The first-order valence-corrected chi connectivity index (χ1v) is 26.6. The molecule has 0 radical (unpaired) electrons. The molecule has 0 spiro atoms. The van der Waals surface area contributed by atoms with Gasteiger partial charge in [0.2, 0.25) is 0 Å². The summed E-state index contributed by atoms with van der Waals surface area (Å²) in [6.45, 7) is 17.6. The average molecular weight is 983 g/mol. The van der Waals surface area contributed by atoms with E-state index >= 15 is 0 Å². The second-order valence-electron chi connectivity index (χ2n) is 20.5. The summed E-state index contributed by atoms with van der Waals surface area (Å²) in [5.41, 5.74) is 22.5. The van der Waals surface area contributed by atoms with Gasteiger partial charge in [0, 0.05) is 57.2 Å². The van der Waals surface area contributed by atoms with E-state index in [9.17, 15) is 9.59 Å². The van der Waals surface area contributed by atoms with Crippen LogP contribution < -0.4 is 9.47 Å². The number of rotatable bonds is 20. The first-order chi connectivity index (χ1) is 35.8. The minimum atomic E-state index is 0.248. The number of aromatic nitrogens is 4. The molecule has 0 atom stereocenters. The van der Waals surface area contributed by atoms with Crippen LogP contribution in [0.4, 0.5) is 0 Å². The van der Waals surface area contributed by atoms with Crippen molar-refractivity contribution in [2.45, 2.75) is 120 Å². The van der Waals surface area contributed by atoms with E-state index in [0.29, 0.717) is 26.1 Å². The average Bonchev–Trinajstić information content (AvgIpc) is 4.21. The molecule has 5 heterocycles. The van der Waals surface area contributed by atoms with Crippen molar-refractivity contribution in [2.75, 3.05) is 13.2 Å². The van der Waals surface area contributed by atoms with Gasteiger partial charge in [-0.2, -0.15) is 0 Å². The van der Waals surface area contributed by atoms with Crippen molar-refractivity contribution >= 4 is 57.9 Å². The lowest BCUT2D eigenvalue weighted by Crippen LogP contribution is -1.98. The molecule has 2 aliphatic rings. The largest absolute Gasteiger partial charge is 0.494 e. The van der Waals surface area contributed by atoms with E-state index in [1.165, 1.54) is 33.4 Å². The van der Waals surface area contributed by atoms with Crippen LogP contribution in [0.5, 0.6) is 11.5 Å². The fraction of sp³-hybridized carbons (Fsp3) is 0.303. The van der Waals surface area contributed by atoms with E-state index in [-0.39, 0.29) is 11.6 Å². The molecule has 0 unspecified atom stereocenters. The zero-order valence-corrected chi connectivity index (χ0v) is 44.6. The molecule has 7 aromatic rings. The van der Waals surface area contributed by atoms with Crippen molar-refractivity contribution in [3.05, 3.63) is 153 Å². The Balaban J connectivity index is 1.28. The number of hydrogen-bond donors (Lipinski definition) is 2. The molecule has 4 aromatic carbocycles. The predicted molar refractivity (Wildman–Crippen MR) is 308 cm³/mol. The molecule has 0 amide bonds. The van der Waals surface area contributed by atoms with Gasteiger partial charge in [0.1, 0.15) is 23.1 Å². The number of aryl methyl sites for hydroxylation is 6. The lowest BCUT2D eigenvalue weighted by atomic mass is 9.92. The maximum absolute atomic E-state index is 11.5. The van der Waals surface area contributed by atoms with Gasteiger partial charge >= 0.3 is 0 Å². The van der Waals surface area contributed by atoms with Crippen LogP contribution in [0, 0.1) is 41.5 Å². The van der Waals surface area contributed by atoms with Gasteiger partial charge < -0.3 is 29.0 Å². The van der Waals surface area contributed by atoms with E-state index in [1.54, 1.807) is 13.8 Å². The second kappa shape index (κ2) is 23.1. The van der Waals surface area contributed by atoms with Crippen LogP contribution >= 0.6 is 0 Å². The van der Waals surface area contributed by atoms with E-state index in [2.05, 4.69) is 161 Å². The second-order valence-corrected chi connectivity index (χ2v) is 20.5. The van der Waals surface area contributed by atoms with E-state index in [0.717, 1.165) is 152 Å². The minimum Gasteiger partial charge on any atom is -0.494 e. The monoisotopic (exact) mass is 983 g/mol. The van der Waals surface area contributed by atoms with E-state index in [4.69, 9.17) is 19.4 Å². The number of carbonyl (C=O) groups is 2. The number of Topliss-reactive ketones (excluding diaryl/α,β-unsaturated/α-hetero) is 2. The number of unbranched alkanes of at least 4 members (excludes halogenated alkanes) is 6. The highest BCUT2D eigenvalue weighted by molar-refractivity contribution is 6.01. The first kappa shape index (κ1) is 51.3. The maximum Gasteiger partial charge on any atom is 0.129 e. The summed E-state index contributed by atoms with van der Waals surface area (Å²) in [5.74, 6) is 2.10. The Morgan fingerprint density at radius 2 is 0.743 bits per heavy atom. The molecule has 74 heavy (non-hydrogen) atoms. The number of ether oxygens (including phenoxy) is 2. The maximum atomic E-state index is 11.5. The van der Waals surface area contributed by atoms with Crippen molar-refractivity contribution in [3.63, 3.8) is 0 Å². The first-order valence-electron chi connectivity index (χ1n) is 26.6. The molecule has 9 rings (SSSR count). The summed E-state index contributed by atoms with van der Waals surface area (Å²) in [6.07, 6.45) is 17.7. The fourth-order valence-corrected chi connectivity index (χ4v) is 11.0. The van der Waals surface area contributed by atoms with Gasteiger partial charge in [-0.15, -0.1) is 0 Å². The third-order valence-corrected chi connectivity index (χ3v) is 14.2. The molecule has 8 heteroatoms. The van der Waals surface area contributed by atoms with Gasteiger partial charge in [-0.3, -0.25) is 0 Å². The summed E-state index contributed by atoms with van der Waals surface area (Å²) in [4.78, 5) is 42.1. The zero-order valence-electron chi connectivity index (χ0n) is 44.6. The van der Waals surface area contributed by atoms with Crippen LogP contribution in [0.25, 0.3) is 90.9 Å². The highest BCUT2D eigenvalue weighted by Crippen LogP contribution is 2.42. The number of benzene rings is 4. The van der Waals surface area contributed by atoms with E-state index in [1.807, 2.05) is 12.1 Å². The molecule has 0 saturated carbocycles. The van der Waals surface area contributed by atoms with Crippen LogP contribution in [0.1, 0.15) is 134 Å². The number of nitrogens with one attached hydrogen (secondary N) is 2. The lowest BCUT2D eigenvalue weighted by Gasteiger charge is -2.14. The van der Waals surface area contributed by atoms with Crippen molar-refractivity contribution in [3.8, 4) is 56.0 Å². The Kier molecular flexibility index (Phi) is 16.0. The SMILES string of the molecule is CC(=O)CCCCCCOc1cccc(-c2c3nc(c(-c4c(C)cc(C)cc4C)c4ccc([nH]4)c(-c4cccc(OCCCCCCC(C)=O)c4)c4nc(c(-c5c(C)cc(C)cc5C)c5ccc2[nH]5)C=C4)C=C3)c1. The molecular formula is C66H70N4O4. The summed E-state index contributed by atoms with van der Waals surface area (Å²) in [7, 11) is 0. The quantitative estimate of drug-likeness (QED) is 0.0736. The number of H-pyrrole nitrogens is 2. The van der Waals surface area contributed by atoms with Crippen LogP contribution in [-0.2, 0) is 9.59 Å². The highest BCUT2D eigenvalue weighted by Gasteiger charge is 2.22. The number of ketones is 2. The predicted octanol–water partition coefficient (Wildman–Crippen LogP) is 17.0. The molecule has 8 bridgehead atoms. The molecule has 3 aromatic heterocycles. The van der Waals surface area contributed by atoms with Crippen LogP contribution in [0.15, 0.2) is 97.1 Å². The van der Waals surface area contributed by atoms with E-state index < -0.39 is 0 Å². The number of hydrogen-bond acceptors (Lipinski definition) is 6. The van der Waals surface area contributed by atoms with Crippen molar-refractivity contribution in [1.82, 2.24) is 19.9 Å². The molecule has 0 fully saturated rings. The molecule has 0 aliphatic carbocycles. The standard InChI is InChI=1S/C66H70N4O4/c1-41-35-43(3)61(44(4)36-41)65-57-29-25-53(67-57)63(49-21-17-23-51(39-49)73-33-15-11-9-13-19-47(7)71)55-27-31-59(69-55)66(62-45(5)37-42(2)38-46(62)6)60-32-28-56(70-60)64(54-26-30-58(65)68-54)50-22-18-24-52(40-50)74-34-16-12-10-14-20-48(8)72/h17-18,21-32,35-40,67,70H,9-16,19-20,33-34H2,1-8H3. The number of carbonyl (C=O) groups excluding carboxylic acids is 2. The summed E-state index contributed by atoms with van der Waals surface area (Å²) in [6, 6.07) is 34.5. The van der Waals surface area contributed by atoms with Crippen molar-refractivity contribution in [2.24, 2.45) is 0 Å². The Labute approximate surface area is 437 Å². The van der Waals surface area contributed by atoms with Gasteiger partial charge in [0.05, 0.1) is 36.0 Å². The topological polar surface area (TPSA) is 110 Å². The molecule has 2 aliphatic heterocycles. The summed E-state index contributed by atoms with van der Waals surface area (Å²) in [5, 5.41) is 0. The smallest absolute Gasteiger partial charge is 0.129 e. The summed E-state index contributed by atoms with van der Waals surface area (Å²) >= 11 is 0. The van der Waals surface area contributed by atoms with Gasteiger partial charge in [0.25, 0.3) is 0 Å². The number of fused-ring (bicyclic) bond motifs is 8. The zero-order chi connectivity index (χ0) is 51.9. The number of nitrogens with zero attached hydrogens (tertiary/aromatic N) is 2. The van der Waals surface area contributed by atoms with Crippen molar-refractivity contribution < 1.29 is 19.1 Å². The third-order valence-electron chi connectivity index (χ3n) is 14.2. The Bertz CT molecular complexity index is 3220. The molecule has 2 N–H and O–H groups in total. The number of aromatic amines is 2. The molecule has 8 nitrogen and oxygen atoms in total. The van der Waals surface area contributed by atoms with Gasteiger partial charge in [-0.25, -0.2) is 9.97 Å². The van der Waals surface area contributed by atoms with Gasteiger partial charge in [-0.1, -0.05) is 85.3 Å². The minimum absolute atomic E-state index is 0.248. The molecule has 0 saturated heterocycles. The molecular weight excluding hydrogens is 913 g/mol. The Morgan fingerprint density at radius 3 is 1.11 bits per heavy atom. The Morgan fingerprint density at radius 1 is 0.405 bits per heavy atom. The molecule has 378 valence electrons. The Hall–Kier alpha value is -7.58.